The summed E-state index contributed by atoms with van der Waals surface area (Å²) in [5.74, 6) is 1.48. The first kappa shape index (κ1) is 18.4. The first-order valence-electron chi connectivity index (χ1n) is 8.74. The molecule has 0 saturated heterocycles. The van der Waals surface area contributed by atoms with Crippen molar-refractivity contribution >= 4 is 11.7 Å². The number of hydrogen-bond donors (Lipinski definition) is 2. The second-order valence-electron chi connectivity index (χ2n) is 6.11. The van der Waals surface area contributed by atoms with E-state index in [4.69, 9.17) is 4.74 Å². The summed E-state index contributed by atoms with van der Waals surface area (Å²) >= 11 is 0. The monoisotopic (exact) mass is 365 g/mol. The topological polar surface area (TPSA) is 81.1 Å². The molecule has 7 heteroatoms. The molecule has 0 bridgehead atoms. The summed E-state index contributed by atoms with van der Waals surface area (Å²) in [6.45, 7) is 4.49. The molecular weight excluding hydrogens is 342 g/mol. The van der Waals surface area contributed by atoms with Crippen LogP contribution in [0.3, 0.4) is 0 Å². The molecule has 2 heterocycles. The average molecular weight is 365 g/mol. The fourth-order valence-electron chi connectivity index (χ4n) is 2.92. The molecule has 0 aliphatic carbocycles. The zero-order valence-electron chi connectivity index (χ0n) is 15.7. The van der Waals surface area contributed by atoms with Crippen molar-refractivity contribution in [3.8, 4) is 11.6 Å². The van der Waals surface area contributed by atoms with Crippen LogP contribution in [-0.4, -0.2) is 34.5 Å². The van der Waals surface area contributed by atoms with E-state index in [0.29, 0.717) is 24.4 Å². The average Bonchev–Trinajstić information content (AvgIpc) is 2.97. The molecule has 0 spiro atoms. The van der Waals surface area contributed by atoms with Crippen molar-refractivity contribution in [3.05, 3.63) is 65.6 Å². The molecule has 0 aliphatic heterocycles. The van der Waals surface area contributed by atoms with Gasteiger partial charge in [0.2, 0.25) is 0 Å². The highest BCUT2D eigenvalue weighted by Crippen LogP contribution is 2.18. The molecule has 2 N–H and O–H groups in total. The third-order valence-electron chi connectivity index (χ3n) is 4.30. The highest BCUT2D eigenvalue weighted by Gasteiger charge is 2.13. The van der Waals surface area contributed by atoms with Crippen LogP contribution in [0.15, 0.2) is 48.7 Å². The maximum absolute atomic E-state index is 12.1. The number of carbonyl (C=O) groups excluding carboxylic acids is 1. The summed E-state index contributed by atoms with van der Waals surface area (Å²) in [5.41, 5.74) is 3.76. The Morgan fingerprint density at radius 3 is 2.78 bits per heavy atom. The number of ether oxygens (including phenoxy) is 1. The number of amides is 2. The van der Waals surface area contributed by atoms with E-state index in [0.717, 1.165) is 22.8 Å². The minimum atomic E-state index is -0.254. The summed E-state index contributed by atoms with van der Waals surface area (Å²) in [4.78, 5) is 16.4. The summed E-state index contributed by atoms with van der Waals surface area (Å²) in [5, 5.41) is 10.3. The Labute approximate surface area is 158 Å². The minimum absolute atomic E-state index is 0.254. The number of hydrogen-bond acceptors (Lipinski definition) is 4. The zero-order chi connectivity index (χ0) is 19.2. The van der Waals surface area contributed by atoms with E-state index in [1.165, 1.54) is 0 Å². The van der Waals surface area contributed by atoms with E-state index in [9.17, 15) is 4.79 Å². The van der Waals surface area contributed by atoms with E-state index >= 15 is 0 Å². The quantitative estimate of drug-likeness (QED) is 0.703. The summed E-state index contributed by atoms with van der Waals surface area (Å²) < 4.78 is 6.99. The van der Waals surface area contributed by atoms with Crippen LogP contribution in [0.4, 0.5) is 10.5 Å². The van der Waals surface area contributed by atoms with Gasteiger partial charge in [-0.15, -0.1) is 0 Å². The van der Waals surface area contributed by atoms with E-state index in [1.807, 2.05) is 54.9 Å². The fourth-order valence-corrected chi connectivity index (χ4v) is 2.92. The molecule has 0 radical (unpaired) electrons. The van der Waals surface area contributed by atoms with Crippen LogP contribution in [0, 0.1) is 13.8 Å². The normalized spacial score (nSPS) is 10.5. The van der Waals surface area contributed by atoms with Crippen LogP contribution in [-0.2, 0) is 6.42 Å². The van der Waals surface area contributed by atoms with Crippen molar-refractivity contribution < 1.29 is 9.53 Å². The highest BCUT2D eigenvalue weighted by atomic mass is 16.5. The number of carbonyl (C=O) groups is 1. The largest absolute Gasteiger partial charge is 0.497 e. The lowest BCUT2D eigenvalue weighted by Crippen LogP contribution is -2.30. The van der Waals surface area contributed by atoms with Crippen LogP contribution in [0.5, 0.6) is 5.75 Å². The fraction of sp³-hybridized carbons (Fsp3) is 0.250. The van der Waals surface area contributed by atoms with Gasteiger partial charge in [0.1, 0.15) is 5.75 Å². The van der Waals surface area contributed by atoms with Gasteiger partial charge >= 0.3 is 6.03 Å². The van der Waals surface area contributed by atoms with Crippen molar-refractivity contribution in [1.29, 1.82) is 0 Å². The molecule has 7 nitrogen and oxygen atoms in total. The Balaban J connectivity index is 1.59. The molecule has 27 heavy (non-hydrogen) atoms. The molecule has 140 valence electrons. The maximum Gasteiger partial charge on any atom is 0.319 e. The van der Waals surface area contributed by atoms with Gasteiger partial charge in [0.05, 0.1) is 12.8 Å². The summed E-state index contributed by atoms with van der Waals surface area (Å²) in [6.07, 6.45) is 2.44. The maximum atomic E-state index is 12.1. The van der Waals surface area contributed by atoms with Crippen molar-refractivity contribution in [2.24, 2.45) is 0 Å². The Bertz CT molecular complexity index is 921. The van der Waals surface area contributed by atoms with Gasteiger partial charge in [0.25, 0.3) is 0 Å². The molecule has 1 aromatic carbocycles. The third kappa shape index (κ3) is 4.44. The SMILES string of the molecule is COc1cccc(NC(=O)NCCc2c(C)nn(-c3ccccn3)c2C)c1. The van der Waals surface area contributed by atoms with Gasteiger partial charge in [-0.3, -0.25) is 0 Å². The molecule has 0 atom stereocenters. The molecular formula is C20H23N5O2. The smallest absolute Gasteiger partial charge is 0.319 e. The Morgan fingerprint density at radius 2 is 2.04 bits per heavy atom. The number of nitrogens with one attached hydrogen (secondary N) is 2. The van der Waals surface area contributed by atoms with Gasteiger partial charge in [-0.2, -0.15) is 5.10 Å². The number of benzene rings is 1. The number of rotatable bonds is 6. The van der Waals surface area contributed by atoms with Crippen molar-refractivity contribution in [2.75, 3.05) is 19.0 Å². The van der Waals surface area contributed by atoms with Gasteiger partial charge in [-0.25, -0.2) is 14.5 Å². The van der Waals surface area contributed by atoms with E-state index in [-0.39, 0.29) is 6.03 Å². The van der Waals surface area contributed by atoms with E-state index < -0.39 is 0 Å². The predicted molar refractivity (Wildman–Crippen MR) is 105 cm³/mol. The molecule has 3 aromatic rings. The Morgan fingerprint density at radius 1 is 1.19 bits per heavy atom. The van der Waals surface area contributed by atoms with Gasteiger partial charge in [-0.1, -0.05) is 12.1 Å². The number of nitrogens with zero attached hydrogens (tertiary/aromatic N) is 3. The third-order valence-corrected chi connectivity index (χ3v) is 4.30. The molecule has 0 aliphatic rings. The van der Waals surface area contributed by atoms with E-state index in [2.05, 4.69) is 20.7 Å². The number of aryl methyl sites for hydroxylation is 1. The van der Waals surface area contributed by atoms with Crippen LogP contribution >= 0.6 is 0 Å². The van der Waals surface area contributed by atoms with Crippen LogP contribution < -0.4 is 15.4 Å². The summed E-state index contributed by atoms with van der Waals surface area (Å²) in [6, 6.07) is 12.7. The second-order valence-corrected chi connectivity index (χ2v) is 6.11. The molecule has 0 fully saturated rings. The zero-order valence-corrected chi connectivity index (χ0v) is 15.7. The Kier molecular flexibility index (Phi) is 5.71. The molecule has 3 rings (SSSR count). The Hall–Kier alpha value is -3.35. The minimum Gasteiger partial charge on any atom is -0.497 e. The van der Waals surface area contributed by atoms with Crippen LogP contribution in [0.2, 0.25) is 0 Å². The first-order chi connectivity index (χ1) is 13.1. The van der Waals surface area contributed by atoms with Crippen LogP contribution in [0.25, 0.3) is 5.82 Å². The van der Waals surface area contributed by atoms with Crippen molar-refractivity contribution in [2.45, 2.75) is 20.3 Å². The molecule has 0 saturated carbocycles. The van der Waals surface area contributed by atoms with E-state index in [1.54, 1.807) is 19.4 Å². The number of aromatic nitrogens is 3. The highest BCUT2D eigenvalue weighted by molar-refractivity contribution is 5.89. The van der Waals surface area contributed by atoms with Gasteiger partial charge in [-0.05, 0) is 50.1 Å². The molecule has 2 aromatic heterocycles. The lowest BCUT2D eigenvalue weighted by atomic mass is 10.1. The van der Waals surface area contributed by atoms with Gasteiger partial charge in [0, 0.05) is 30.2 Å². The lowest BCUT2D eigenvalue weighted by molar-refractivity contribution is 0.252. The van der Waals surface area contributed by atoms with Gasteiger partial charge in [0.15, 0.2) is 5.82 Å². The second kappa shape index (κ2) is 8.35. The molecule has 2 amide bonds. The number of methoxy groups -OCH3 is 1. The van der Waals surface area contributed by atoms with Crippen LogP contribution in [0.1, 0.15) is 17.0 Å². The molecule has 0 unspecified atom stereocenters. The van der Waals surface area contributed by atoms with Crippen molar-refractivity contribution in [1.82, 2.24) is 20.1 Å². The standard InChI is InChI=1S/C20H23N5O2/c1-14-18(15(2)25(24-14)19-9-4-5-11-21-19)10-12-22-20(26)23-16-7-6-8-17(13-16)27-3/h4-9,11,13H,10,12H2,1-3H3,(H2,22,23,26). The lowest BCUT2D eigenvalue weighted by Gasteiger charge is -2.09. The predicted octanol–water partition coefficient (Wildman–Crippen LogP) is 3.26. The number of pyridine rings is 1. The first-order valence-corrected chi connectivity index (χ1v) is 8.74. The van der Waals surface area contributed by atoms with Crippen molar-refractivity contribution in [3.63, 3.8) is 0 Å². The summed E-state index contributed by atoms with van der Waals surface area (Å²) in [7, 11) is 1.59. The number of anilines is 1. The van der Waals surface area contributed by atoms with Gasteiger partial charge < -0.3 is 15.4 Å². The number of urea groups is 1.